The Morgan fingerprint density at radius 1 is 1.32 bits per heavy atom. The highest BCUT2D eigenvalue weighted by Gasteiger charge is 2.32. The zero-order chi connectivity index (χ0) is 16.1. The van der Waals surface area contributed by atoms with Gasteiger partial charge in [-0.3, -0.25) is 4.79 Å². The molecule has 3 heteroatoms. The minimum atomic E-state index is 0.0996. The topological polar surface area (TPSA) is 44.2 Å². The molecule has 1 heterocycles. The van der Waals surface area contributed by atoms with Gasteiger partial charge in [0, 0.05) is 30.3 Å². The molecule has 1 N–H and O–H groups in total. The maximum absolute atomic E-state index is 12.2. The van der Waals surface area contributed by atoms with Crippen LogP contribution in [0.4, 0.5) is 5.69 Å². The quantitative estimate of drug-likeness (QED) is 0.743. The van der Waals surface area contributed by atoms with E-state index in [4.69, 9.17) is 5.41 Å². The van der Waals surface area contributed by atoms with Crippen molar-refractivity contribution in [1.29, 1.82) is 5.41 Å². The number of amides is 1. The fraction of sp³-hybridized carbons (Fsp3) is 0.579. The van der Waals surface area contributed by atoms with Crippen LogP contribution in [0.25, 0.3) is 0 Å². The minimum absolute atomic E-state index is 0.0996. The van der Waals surface area contributed by atoms with Crippen molar-refractivity contribution in [2.75, 3.05) is 11.4 Å². The molecule has 2 rings (SSSR count). The lowest BCUT2D eigenvalue weighted by Gasteiger charge is -2.17. The van der Waals surface area contributed by atoms with Crippen molar-refractivity contribution in [2.24, 2.45) is 11.8 Å². The summed E-state index contributed by atoms with van der Waals surface area (Å²) < 4.78 is 0. The van der Waals surface area contributed by atoms with Crippen LogP contribution in [0.5, 0.6) is 0 Å². The predicted octanol–water partition coefficient (Wildman–Crippen LogP) is 4.45. The summed E-state index contributed by atoms with van der Waals surface area (Å²) in [7, 11) is 0. The summed E-state index contributed by atoms with van der Waals surface area (Å²) in [6.07, 6.45) is 4.77. The Balaban J connectivity index is 1.98. The van der Waals surface area contributed by atoms with Crippen LogP contribution in [-0.4, -0.2) is 18.2 Å². The van der Waals surface area contributed by atoms with Gasteiger partial charge in [0.15, 0.2) is 0 Å². The molecule has 1 aromatic carbocycles. The number of benzene rings is 1. The Bertz CT molecular complexity index is 521. The predicted molar refractivity (Wildman–Crippen MR) is 92.7 cm³/mol. The second-order valence-electron chi connectivity index (χ2n) is 6.50. The van der Waals surface area contributed by atoms with Crippen LogP contribution in [0, 0.1) is 17.2 Å². The van der Waals surface area contributed by atoms with E-state index in [2.05, 4.69) is 38.1 Å². The van der Waals surface area contributed by atoms with Gasteiger partial charge in [-0.1, -0.05) is 39.3 Å². The molecule has 1 aromatic rings. The molecule has 0 aliphatic carbocycles. The number of nitrogens with one attached hydrogen (secondary N) is 1. The molecule has 3 nitrogen and oxygen atoms in total. The van der Waals surface area contributed by atoms with Crippen LogP contribution in [0.15, 0.2) is 24.3 Å². The molecule has 0 saturated carbocycles. The molecule has 1 aliphatic heterocycles. The Hall–Kier alpha value is -1.64. The van der Waals surface area contributed by atoms with E-state index in [0.717, 1.165) is 24.4 Å². The average Bonchev–Trinajstić information content (AvgIpc) is 2.94. The summed E-state index contributed by atoms with van der Waals surface area (Å²) in [5, 5.41) is 7.95. The van der Waals surface area contributed by atoms with Gasteiger partial charge in [-0.25, -0.2) is 0 Å². The maximum Gasteiger partial charge on any atom is 0.227 e. The van der Waals surface area contributed by atoms with Crippen molar-refractivity contribution in [2.45, 2.75) is 52.9 Å². The Morgan fingerprint density at radius 2 is 2.00 bits per heavy atom. The second kappa shape index (κ2) is 7.57. The lowest BCUT2D eigenvalue weighted by molar-refractivity contribution is -0.117. The normalized spacial score (nSPS) is 19.5. The summed E-state index contributed by atoms with van der Waals surface area (Å²) in [4.78, 5) is 14.0. The van der Waals surface area contributed by atoms with Gasteiger partial charge in [0.05, 0.1) is 0 Å². The number of carbonyl (C=O) groups is 1. The number of hydrogen-bond acceptors (Lipinski definition) is 2. The third-order valence-corrected chi connectivity index (χ3v) is 4.87. The van der Waals surface area contributed by atoms with Gasteiger partial charge >= 0.3 is 0 Å². The van der Waals surface area contributed by atoms with E-state index in [9.17, 15) is 4.79 Å². The molecule has 22 heavy (non-hydrogen) atoms. The summed E-state index contributed by atoms with van der Waals surface area (Å²) in [6.45, 7) is 7.18. The molecule has 2 unspecified atom stereocenters. The molecule has 1 amide bonds. The minimum Gasteiger partial charge on any atom is -0.312 e. The van der Waals surface area contributed by atoms with Gasteiger partial charge in [0.1, 0.15) is 0 Å². The molecule has 1 fully saturated rings. The van der Waals surface area contributed by atoms with Crippen LogP contribution in [0.1, 0.15) is 52.0 Å². The zero-order valence-corrected chi connectivity index (χ0v) is 14.1. The van der Waals surface area contributed by atoms with E-state index in [1.54, 1.807) is 0 Å². The largest absolute Gasteiger partial charge is 0.312 e. The Kier molecular flexibility index (Phi) is 5.76. The SMILES string of the molecule is CCC(=N)C1CC(=O)N(c2ccc(CCC(C)CC)cc2)C1. The lowest BCUT2D eigenvalue weighted by atomic mass is 9.99. The average molecular weight is 300 g/mol. The summed E-state index contributed by atoms with van der Waals surface area (Å²) in [5.41, 5.74) is 3.01. The van der Waals surface area contributed by atoms with Crippen molar-refractivity contribution in [3.63, 3.8) is 0 Å². The number of hydrogen-bond donors (Lipinski definition) is 1. The molecule has 0 spiro atoms. The third kappa shape index (κ3) is 3.96. The molecule has 0 aromatic heterocycles. The van der Waals surface area contributed by atoms with E-state index in [1.807, 2.05) is 11.8 Å². The second-order valence-corrected chi connectivity index (χ2v) is 6.50. The van der Waals surface area contributed by atoms with Gasteiger partial charge < -0.3 is 10.3 Å². The maximum atomic E-state index is 12.2. The third-order valence-electron chi connectivity index (χ3n) is 4.87. The van der Waals surface area contributed by atoms with Crippen molar-refractivity contribution in [3.05, 3.63) is 29.8 Å². The van der Waals surface area contributed by atoms with Gasteiger partial charge in [-0.15, -0.1) is 0 Å². The van der Waals surface area contributed by atoms with Gasteiger partial charge in [0.25, 0.3) is 0 Å². The first-order valence-electron chi connectivity index (χ1n) is 8.51. The van der Waals surface area contributed by atoms with E-state index in [0.29, 0.717) is 18.7 Å². The van der Waals surface area contributed by atoms with Crippen LogP contribution < -0.4 is 4.90 Å². The van der Waals surface area contributed by atoms with Crippen molar-refractivity contribution in [3.8, 4) is 0 Å². The molecule has 1 saturated heterocycles. The molecule has 0 radical (unpaired) electrons. The monoisotopic (exact) mass is 300 g/mol. The smallest absolute Gasteiger partial charge is 0.227 e. The molecular formula is C19H28N2O. The first-order valence-corrected chi connectivity index (χ1v) is 8.51. The van der Waals surface area contributed by atoms with Crippen molar-refractivity contribution in [1.82, 2.24) is 0 Å². The van der Waals surface area contributed by atoms with Crippen LogP contribution in [0.2, 0.25) is 0 Å². The molecule has 120 valence electrons. The molecule has 2 atom stereocenters. The van der Waals surface area contributed by atoms with E-state index < -0.39 is 0 Å². The lowest BCUT2D eigenvalue weighted by Crippen LogP contribution is -2.25. The highest BCUT2D eigenvalue weighted by atomic mass is 16.2. The first-order chi connectivity index (χ1) is 10.5. The Labute approximate surface area is 134 Å². The highest BCUT2D eigenvalue weighted by molar-refractivity contribution is 6.01. The van der Waals surface area contributed by atoms with E-state index >= 15 is 0 Å². The number of nitrogens with zero attached hydrogens (tertiary/aromatic N) is 1. The standard InChI is InChI=1S/C19H28N2O/c1-4-14(3)6-7-15-8-10-17(11-9-15)21-13-16(12-19(21)22)18(20)5-2/h8-11,14,16,20H,4-7,12-13H2,1-3H3. The molecule has 1 aliphatic rings. The number of aryl methyl sites for hydroxylation is 1. The zero-order valence-electron chi connectivity index (χ0n) is 14.1. The fourth-order valence-electron chi connectivity index (χ4n) is 2.94. The number of carbonyl (C=O) groups excluding carboxylic acids is 1. The summed E-state index contributed by atoms with van der Waals surface area (Å²) in [6, 6.07) is 8.40. The Morgan fingerprint density at radius 3 is 2.59 bits per heavy atom. The first kappa shape index (κ1) is 16.7. The fourth-order valence-corrected chi connectivity index (χ4v) is 2.94. The number of anilines is 1. The van der Waals surface area contributed by atoms with E-state index in [-0.39, 0.29) is 11.8 Å². The van der Waals surface area contributed by atoms with Gasteiger partial charge in [0.2, 0.25) is 5.91 Å². The molecule has 0 bridgehead atoms. The summed E-state index contributed by atoms with van der Waals surface area (Å²) in [5.74, 6) is 1.01. The van der Waals surface area contributed by atoms with Crippen molar-refractivity contribution < 1.29 is 4.79 Å². The van der Waals surface area contributed by atoms with Crippen LogP contribution in [-0.2, 0) is 11.2 Å². The number of rotatable bonds is 7. The molecular weight excluding hydrogens is 272 g/mol. The van der Waals surface area contributed by atoms with Gasteiger partial charge in [-0.2, -0.15) is 0 Å². The van der Waals surface area contributed by atoms with Gasteiger partial charge in [-0.05, 0) is 42.9 Å². The highest BCUT2D eigenvalue weighted by Crippen LogP contribution is 2.27. The van der Waals surface area contributed by atoms with E-state index in [1.165, 1.54) is 18.4 Å². The van der Waals surface area contributed by atoms with Crippen LogP contribution in [0.3, 0.4) is 0 Å². The summed E-state index contributed by atoms with van der Waals surface area (Å²) >= 11 is 0. The van der Waals surface area contributed by atoms with Crippen LogP contribution >= 0.6 is 0 Å². The van der Waals surface area contributed by atoms with Crippen molar-refractivity contribution >= 4 is 17.3 Å².